The first-order valence-corrected chi connectivity index (χ1v) is 13.4. The van der Waals surface area contributed by atoms with Crippen LogP contribution >= 0.6 is 0 Å². The fourth-order valence-corrected chi connectivity index (χ4v) is 9.60. The summed E-state index contributed by atoms with van der Waals surface area (Å²) in [4.78, 5) is 0. The van der Waals surface area contributed by atoms with Crippen LogP contribution in [0.5, 0.6) is 0 Å². The van der Waals surface area contributed by atoms with Crippen molar-refractivity contribution in [3.8, 4) is 0 Å². The van der Waals surface area contributed by atoms with Crippen LogP contribution in [0.1, 0.15) is 90.9 Å². The molecular weight excluding hydrogens is 374 g/mol. The highest BCUT2D eigenvalue weighted by molar-refractivity contribution is 7.92. The predicted molar refractivity (Wildman–Crippen MR) is 112 cm³/mol. The van der Waals surface area contributed by atoms with Crippen LogP contribution in [0.4, 0.5) is 0 Å². The standard InChI is InChI=1S/C22H41NO4S/c1-3-5-13-22(4-2)15-28(26,27)19-12-11-17(23-25)14-18(19)20(21(22)24)16-9-7-6-8-10-16/h16-21,23-25H,3-15H2,1-2H3/t17?,18?,19?,20-,21-,22-/m1/s1. The third-order valence-corrected chi connectivity index (χ3v) is 10.9. The molecule has 1 heterocycles. The number of aliphatic hydroxyl groups excluding tert-OH is 1. The lowest BCUT2D eigenvalue weighted by molar-refractivity contribution is -0.0685. The van der Waals surface area contributed by atoms with Gasteiger partial charge in [0.2, 0.25) is 0 Å². The van der Waals surface area contributed by atoms with Gasteiger partial charge in [0.1, 0.15) is 0 Å². The van der Waals surface area contributed by atoms with Crippen molar-refractivity contribution in [2.24, 2.45) is 23.2 Å². The predicted octanol–water partition coefficient (Wildman–Crippen LogP) is 4.07. The maximum atomic E-state index is 13.5. The van der Waals surface area contributed by atoms with Crippen molar-refractivity contribution in [2.75, 3.05) is 5.75 Å². The zero-order valence-corrected chi connectivity index (χ0v) is 18.6. The highest BCUT2D eigenvalue weighted by atomic mass is 32.2. The van der Waals surface area contributed by atoms with Gasteiger partial charge in [0.15, 0.2) is 9.84 Å². The summed E-state index contributed by atoms with van der Waals surface area (Å²) in [5, 5.41) is 21.0. The molecule has 3 rings (SSSR count). The molecule has 3 unspecified atom stereocenters. The van der Waals surface area contributed by atoms with Gasteiger partial charge in [0.05, 0.1) is 17.1 Å². The number of rotatable bonds is 6. The Hall–Kier alpha value is -0.170. The van der Waals surface area contributed by atoms with E-state index in [1.807, 2.05) is 0 Å². The van der Waals surface area contributed by atoms with Gasteiger partial charge >= 0.3 is 0 Å². The number of hydroxylamine groups is 1. The fraction of sp³-hybridized carbons (Fsp3) is 1.00. The lowest BCUT2D eigenvalue weighted by Gasteiger charge is -2.46. The first kappa shape index (κ1) is 22.5. The van der Waals surface area contributed by atoms with Gasteiger partial charge in [-0.25, -0.2) is 13.9 Å². The summed E-state index contributed by atoms with van der Waals surface area (Å²) < 4.78 is 27.1. The first-order chi connectivity index (χ1) is 13.4. The van der Waals surface area contributed by atoms with E-state index in [2.05, 4.69) is 19.3 Å². The second kappa shape index (κ2) is 9.32. The average molecular weight is 416 g/mol. The summed E-state index contributed by atoms with van der Waals surface area (Å²) in [5.41, 5.74) is 1.90. The molecule has 5 nitrogen and oxygen atoms in total. The van der Waals surface area contributed by atoms with Crippen molar-refractivity contribution in [2.45, 2.75) is 108 Å². The smallest absolute Gasteiger partial charge is 0.154 e. The highest BCUT2D eigenvalue weighted by Gasteiger charge is 2.56. The quantitative estimate of drug-likeness (QED) is 0.569. The molecule has 1 aliphatic heterocycles. The minimum atomic E-state index is -3.28. The van der Waals surface area contributed by atoms with Gasteiger partial charge < -0.3 is 10.3 Å². The Bertz CT molecular complexity index is 604. The van der Waals surface area contributed by atoms with E-state index < -0.39 is 21.4 Å². The number of nitrogens with one attached hydrogen (secondary N) is 1. The molecule has 0 amide bonds. The minimum Gasteiger partial charge on any atom is -0.392 e. The lowest BCUT2D eigenvalue weighted by atomic mass is 9.60. The van der Waals surface area contributed by atoms with Crippen LogP contribution in [-0.2, 0) is 9.84 Å². The Labute approximate surface area is 171 Å². The Morgan fingerprint density at radius 3 is 2.39 bits per heavy atom. The topological polar surface area (TPSA) is 86.6 Å². The zero-order valence-electron chi connectivity index (χ0n) is 17.8. The Morgan fingerprint density at radius 1 is 1.07 bits per heavy atom. The molecule has 3 N–H and O–H groups in total. The summed E-state index contributed by atoms with van der Waals surface area (Å²) in [6.07, 6.45) is 10.7. The molecule has 2 saturated carbocycles. The van der Waals surface area contributed by atoms with Crippen LogP contribution in [0.15, 0.2) is 0 Å². The zero-order chi connectivity index (χ0) is 20.4. The van der Waals surface area contributed by atoms with Crippen molar-refractivity contribution in [3.05, 3.63) is 0 Å². The third kappa shape index (κ3) is 4.30. The van der Waals surface area contributed by atoms with Crippen LogP contribution in [0, 0.1) is 23.2 Å². The van der Waals surface area contributed by atoms with Gasteiger partial charge in [-0.05, 0) is 49.9 Å². The Kier molecular flexibility index (Phi) is 7.49. The van der Waals surface area contributed by atoms with Crippen LogP contribution in [0.25, 0.3) is 0 Å². The molecule has 28 heavy (non-hydrogen) atoms. The van der Waals surface area contributed by atoms with Crippen molar-refractivity contribution in [1.29, 1.82) is 0 Å². The number of sulfone groups is 1. The van der Waals surface area contributed by atoms with Gasteiger partial charge in [-0.1, -0.05) is 58.8 Å². The second-order valence-electron chi connectivity index (χ2n) is 9.89. The summed E-state index contributed by atoms with van der Waals surface area (Å²) in [7, 11) is -3.28. The molecule has 0 aromatic carbocycles. The molecular formula is C22H41NO4S. The third-order valence-electron chi connectivity index (χ3n) is 8.38. The van der Waals surface area contributed by atoms with E-state index in [0.29, 0.717) is 25.2 Å². The van der Waals surface area contributed by atoms with E-state index in [1.54, 1.807) is 0 Å². The lowest BCUT2D eigenvalue weighted by Crippen LogP contribution is -2.49. The average Bonchev–Trinajstić information content (AvgIpc) is 2.78. The van der Waals surface area contributed by atoms with E-state index >= 15 is 0 Å². The molecule has 6 atom stereocenters. The highest BCUT2D eigenvalue weighted by Crippen LogP contribution is 2.52. The molecule has 0 bridgehead atoms. The van der Waals surface area contributed by atoms with E-state index in [1.165, 1.54) is 19.3 Å². The molecule has 164 valence electrons. The van der Waals surface area contributed by atoms with Crippen molar-refractivity contribution in [1.82, 2.24) is 5.48 Å². The van der Waals surface area contributed by atoms with Crippen molar-refractivity contribution < 1.29 is 18.7 Å². The first-order valence-electron chi connectivity index (χ1n) is 11.7. The van der Waals surface area contributed by atoms with Gasteiger partial charge in [-0.2, -0.15) is 0 Å². The van der Waals surface area contributed by atoms with E-state index in [9.17, 15) is 18.7 Å². The molecule has 6 heteroatoms. The molecule has 2 aliphatic carbocycles. The van der Waals surface area contributed by atoms with Gasteiger partial charge in [-0.15, -0.1) is 0 Å². The summed E-state index contributed by atoms with van der Waals surface area (Å²) in [6, 6.07) is -0.0560. The van der Waals surface area contributed by atoms with Crippen molar-refractivity contribution >= 4 is 9.84 Å². The number of hydrogen-bond acceptors (Lipinski definition) is 5. The van der Waals surface area contributed by atoms with Crippen molar-refractivity contribution in [3.63, 3.8) is 0 Å². The maximum Gasteiger partial charge on any atom is 0.154 e. The Balaban J connectivity index is 2.04. The Morgan fingerprint density at radius 2 is 1.79 bits per heavy atom. The van der Waals surface area contributed by atoms with E-state index in [-0.39, 0.29) is 28.9 Å². The molecule has 0 spiro atoms. The van der Waals surface area contributed by atoms with E-state index in [0.717, 1.165) is 38.5 Å². The van der Waals surface area contributed by atoms with Crippen LogP contribution in [-0.4, -0.2) is 41.9 Å². The normalized spacial score (nSPS) is 41.9. The molecule has 0 aromatic rings. The molecule has 0 radical (unpaired) electrons. The van der Waals surface area contributed by atoms with Crippen LogP contribution in [0.2, 0.25) is 0 Å². The minimum absolute atomic E-state index is 0.0375. The molecule has 3 aliphatic rings. The summed E-state index contributed by atoms with van der Waals surface area (Å²) >= 11 is 0. The maximum absolute atomic E-state index is 13.5. The van der Waals surface area contributed by atoms with E-state index in [4.69, 9.17) is 0 Å². The number of aliphatic hydroxyl groups is 1. The number of hydrogen-bond donors (Lipinski definition) is 3. The fourth-order valence-electron chi connectivity index (χ4n) is 6.74. The second-order valence-corrected chi connectivity index (χ2v) is 12.1. The molecule has 0 aromatic heterocycles. The number of unbranched alkanes of at least 4 members (excludes halogenated alkanes) is 1. The summed E-state index contributed by atoms with van der Waals surface area (Å²) in [6.45, 7) is 4.20. The van der Waals surface area contributed by atoms with Gasteiger partial charge in [0, 0.05) is 11.5 Å². The molecule has 3 fully saturated rings. The van der Waals surface area contributed by atoms with Gasteiger partial charge in [-0.3, -0.25) is 0 Å². The van der Waals surface area contributed by atoms with Crippen LogP contribution in [0.3, 0.4) is 0 Å². The van der Waals surface area contributed by atoms with Gasteiger partial charge in [0.25, 0.3) is 0 Å². The summed E-state index contributed by atoms with van der Waals surface area (Å²) in [5.74, 6) is 0.542. The SMILES string of the molecule is CCCC[C@]1(CC)CS(=O)(=O)C2CCC(NO)CC2[C@@H](C2CCCCC2)[C@H]1O. The largest absolute Gasteiger partial charge is 0.392 e. The number of fused-ring (bicyclic) bond motifs is 1. The molecule has 1 saturated heterocycles. The monoisotopic (exact) mass is 415 g/mol. The van der Waals surface area contributed by atoms with Crippen LogP contribution < -0.4 is 5.48 Å².